The number of hydrogen-bond donors (Lipinski definition) is 0. The number of nitrogens with zero attached hydrogens (tertiary/aromatic N) is 8. The zero-order chi connectivity index (χ0) is 34.8. The van der Waals surface area contributed by atoms with Crippen LogP contribution in [0.1, 0.15) is 50.2 Å². The van der Waals surface area contributed by atoms with Crippen molar-refractivity contribution in [2.45, 2.75) is 46.7 Å². The van der Waals surface area contributed by atoms with Crippen molar-refractivity contribution in [2.75, 3.05) is 22.9 Å². The molecule has 13 heteroatoms. The van der Waals surface area contributed by atoms with Crippen molar-refractivity contribution < 1.29 is 9.59 Å². The van der Waals surface area contributed by atoms with Crippen LogP contribution in [0.5, 0.6) is 0 Å². The molecule has 254 valence electrons. The lowest BCUT2D eigenvalue weighted by atomic mass is 10.1. The number of aryl methyl sites for hydroxylation is 5. The highest BCUT2D eigenvalue weighted by atomic mass is 35.5. The molecule has 0 N–H and O–H groups in total. The molecule has 3 aromatic carbocycles. The lowest BCUT2D eigenvalue weighted by Gasteiger charge is -2.21. The van der Waals surface area contributed by atoms with Crippen molar-refractivity contribution in [1.29, 1.82) is 0 Å². The number of thiazole rings is 2. The molecule has 0 unspecified atom stereocenters. The topological polar surface area (TPSA) is 102 Å². The third-order valence-corrected chi connectivity index (χ3v) is 10.8. The highest BCUT2D eigenvalue weighted by Gasteiger charge is 2.25. The minimum Gasteiger partial charge on any atom is -0.337 e. The molecule has 0 atom stereocenters. The van der Waals surface area contributed by atoms with E-state index < -0.39 is 0 Å². The van der Waals surface area contributed by atoms with E-state index in [1.165, 1.54) is 22.7 Å². The van der Waals surface area contributed by atoms with Gasteiger partial charge in [0, 0.05) is 67.1 Å². The maximum atomic E-state index is 14.2. The molecule has 0 spiro atoms. The quantitative estimate of drug-likeness (QED) is 0.126. The second-order valence-electron chi connectivity index (χ2n) is 12.3. The molecule has 0 fully saturated rings. The van der Waals surface area contributed by atoms with Gasteiger partial charge in [0.25, 0.3) is 11.8 Å². The van der Waals surface area contributed by atoms with Gasteiger partial charge in [-0.1, -0.05) is 40.3 Å². The van der Waals surface area contributed by atoms with Crippen LogP contribution in [-0.4, -0.2) is 54.0 Å². The molecule has 0 saturated carbocycles. The lowest BCUT2D eigenvalue weighted by molar-refractivity contribution is 0.0975. The third-order valence-electron chi connectivity index (χ3n) is 8.50. The van der Waals surface area contributed by atoms with E-state index in [0.29, 0.717) is 65.4 Å². The average Bonchev–Trinajstić information content (AvgIpc) is 3.92. The molecule has 10 nitrogen and oxygen atoms in total. The number of hydrogen-bond acceptors (Lipinski definition) is 8. The molecule has 2 amide bonds. The van der Waals surface area contributed by atoms with E-state index >= 15 is 0 Å². The molecule has 4 heterocycles. The molecule has 0 saturated heterocycles. The Morgan fingerprint density at radius 3 is 1.66 bits per heavy atom. The highest BCUT2D eigenvalue weighted by Crippen LogP contribution is 2.35. The van der Waals surface area contributed by atoms with Gasteiger partial charge in [-0.25, -0.2) is 19.9 Å². The van der Waals surface area contributed by atoms with Crippen LogP contribution in [0.15, 0.2) is 86.0 Å². The zero-order valence-corrected chi connectivity index (χ0v) is 30.3. The van der Waals surface area contributed by atoms with Gasteiger partial charge in [-0.2, -0.15) is 0 Å². The first-order chi connectivity index (χ1) is 24.2. The summed E-state index contributed by atoms with van der Waals surface area (Å²) in [6.45, 7) is 8.42. The van der Waals surface area contributed by atoms with Gasteiger partial charge in [0.15, 0.2) is 10.3 Å². The van der Waals surface area contributed by atoms with E-state index in [-0.39, 0.29) is 11.8 Å². The number of carbonyl (C=O) groups is 2. The second-order valence-corrected chi connectivity index (χ2v) is 14.7. The van der Waals surface area contributed by atoms with Crippen LogP contribution >= 0.6 is 34.3 Å². The van der Waals surface area contributed by atoms with Crippen molar-refractivity contribution in [2.24, 2.45) is 0 Å². The van der Waals surface area contributed by atoms with Crippen LogP contribution in [0.4, 0.5) is 10.3 Å². The van der Waals surface area contributed by atoms with Gasteiger partial charge < -0.3 is 9.13 Å². The van der Waals surface area contributed by atoms with Crippen molar-refractivity contribution in [1.82, 2.24) is 29.1 Å². The van der Waals surface area contributed by atoms with Crippen molar-refractivity contribution in [3.63, 3.8) is 0 Å². The van der Waals surface area contributed by atoms with E-state index in [4.69, 9.17) is 21.6 Å². The third kappa shape index (κ3) is 7.18. The summed E-state index contributed by atoms with van der Waals surface area (Å²) in [5, 5.41) is 1.89. The summed E-state index contributed by atoms with van der Waals surface area (Å²) in [7, 11) is 0. The molecule has 0 aliphatic rings. The van der Waals surface area contributed by atoms with Crippen LogP contribution in [0.3, 0.4) is 0 Å². The second kappa shape index (κ2) is 14.5. The van der Waals surface area contributed by atoms with Gasteiger partial charge in [0.1, 0.15) is 0 Å². The molecular formula is C37H35ClN8O2S2. The molecule has 4 aromatic heterocycles. The normalized spacial score (nSPS) is 11.4. The fourth-order valence-electron chi connectivity index (χ4n) is 6.03. The molecular weight excluding hydrogens is 688 g/mol. The molecule has 0 radical (unpaired) electrons. The predicted molar refractivity (Wildman–Crippen MR) is 202 cm³/mol. The standard InChI is InChI=1S/C37H35ClN8O2S2/c1-24-18-25(2)32-30(19-24)49-36(41-32)45(14-4-12-43-16-10-39-22-43)34(47)27-6-8-28(9-7-27)35(48)46(15-5-13-44-17-11-40-23-44)37-42-33-26(3)20-29(38)21-31(33)50-37/h6-11,16-23H,4-5,12-15H2,1-3H3. The van der Waals surface area contributed by atoms with Crippen molar-refractivity contribution in [3.8, 4) is 0 Å². The van der Waals surface area contributed by atoms with Gasteiger partial charge in [-0.05, 0) is 92.8 Å². The van der Waals surface area contributed by atoms with E-state index in [9.17, 15) is 9.59 Å². The van der Waals surface area contributed by atoms with E-state index in [0.717, 1.165) is 37.1 Å². The van der Waals surface area contributed by atoms with E-state index in [2.05, 4.69) is 29.0 Å². The maximum absolute atomic E-state index is 14.2. The van der Waals surface area contributed by atoms with Gasteiger partial charge in [-0.15, -0.1) is 0 Å². The van der Waals surface area contributed by atoms with Crippen LogP contribution in [0.2, 0.25) is 5.02 Å². The Balaban J connectivity index is 1.15. The van der Waals surface area contributed by atoms with Crippen LogP contribution in [0.25, 0.3) is 20.4 Å². The molecule has 7 rings (SSSR count). The first-order valence-electron chi connectivity index (χ1n) is 16.3. The fraction of sp³-hybridized carbons (Fsp3) is 0.243. The minimum atomic E-state index is -0.188. The number of carbonyl (C=O) groups excluding carboxylic acids is 2. The van der Waals surface area contributed by atoms with E-state index in [1.54, 1.807) is 59.1 Å². The number of benzene rings is 3. The van der Waals surface area contributed by atoms with Crippen LogP contribution in [0, 0.1) is 20.8 Å². The predicted octanol–water partition coefficient (Wildman–Crippen LogP) is 8.35. The minimum absolute atomic E-state index is 0.168. The molecule has 7 aromatic rings. The number of aromatic nitrogens is 6. The number of fused-ring (bicyclic) bond motifs is 2. The molecule has 50 heavy (non-hydrogen) atoms. The first kappa shape index (κ1) is 33.6. The number of halogens is 1. The smallest absolute Gasteiger partial charge is 0.260 e. The molecule has 0 aliphatic heterocycles. The number of imidazole rings is 2. The summed E-state index contributed by atoms with van der Waals surface area (Å²) < 4.78 is 5.95. The molecule has 0 bridgehead atoms. The summed E-state index contributed by atoms with van der Waals surface area (Å²) in [6.07, 6.45) is 12.3. The summed E-state index contributed by atoms with van der Waals surface area (Å²) >= 11 is 9.31. The Bertz CT molecular complexity index is 2120. The van der Waals surface area contributed by atoms with E-state index in [1.807, 2.05) is 47.5 Å². The Kier molecular flexibility index (Phi) is 9.75. The van der Waals surface area contributed by atoms with Crippen molar-refractivity contribution in [3.05, 3.63) is 119 Å². The summed E-state index contributed by atoms with van der Waals surface area (Å²) in [4.78, 5) is 49.8. The Morgan fingerprint density at radius 1 is 0.700 bits per heavy atom. The SMILES string of the molecule is Cc1cc(C)c2nc(N(CCCn3ccnc3)C(=O)c3ccc(C(=O)N(CCCn4ccnc4)c4nc5c(C)cc(Cl)cc5s4)cc3)sc2c1. The number of amides is 2. The first-order valence-corrected chi connectivity index (χ1v) is 18.3. The Hall–Kier alpha value is -4.91. The molecule has 0 aliphatic carbocycles. The average molecular weight is 723 g/mol. The lowest BCUT2D eigenvalue weighted by Crippen LogP contribution is -2.33. The summed E-state index contributed by atoms with van der Waals surface area (Å²) in [5.74, 6) is -0.356. The number of rotatable bonds is 12. The van der Waals surface area contributed by atoms with Gasteiger partial charge in [-0.3, -0.25) is 19.4 Å². The summed E-state index contributed by atoms with van der Waals surface area (Å²) in [6, 6.07) is 14.9. The Morgan fingerprint density at radius 2 is 1.18 bits per heavy atom. The Labute approximate surface area is 302 Å². The zero-order valence-electron chi connectivity index (χ0n) is 27.9. The fourth-order valence-corrected chi connectivity index (χ4v) is 8.64. The van der Waals surface area contributed by atoms with Gasteiger partial charge >= 0.3 is 0 Å². The van der Waals surface area contributed by atoms with Gasteiger partial charge in [0.2, 0.25) is 0 Å². The maximum Gasteiger partial charge on any atom is 0.260 e. The summed E-state index contributed by atoms with van der Waals surface area (Å²) in [5.41, 5.74) is 5.88. The van der Waals surface area contributed by atoms with Gasteiger partial charge in [0.05, 0.1) is 33.1 Å². The highest BCUT2D eigenvalue weighted by molar-refractivity contribution is 7.22. The number of anilines is 2. The largest absolute Gasteiger partial charge is 0.337 e. The van der Waals surface area contributed by atoms with Crippen molar-refractivity contribution >= 4 is 76.8 Å². The van der Waals surface area contributed by atoms with Crippen LogP contribution in [-0.2, 0) is 13.1 Å². The van der Waals surface area contributed by atoms with Crippen LogP contribution < -0.4 is 9.80 Å². The monoisotopic (exact) mass is 722 g/mol.